The third kappa shape index (κ3) is 5.49. The largest absolute Gasteiger partial charge is 0.481 e. The minimum atomic E-state index is -0.213. The second kappa shape index (κ2) is 10.4. The van der Waals surface area contributed by atoms with Crippen LogP contribution in [0.3, 0.4) is 0 Å². The summed E-state index contributed by atoms with van der Waals surface area (Å²) in [5.41, 5.74) is 0.984. The number of likely N-dealkylation sites (tertiary alicyclic amines) is 1. The maximum Gasteiger partial charge on any atom is 0.323 e. The van der Waals surface area contributed by atoms with E-state index in [1.54, 1.807) is 18.1 Å². The first-order valence-electron chi connectivity index (χ1n) is 11.4. The topological polar surface area (TPSA) is 122 Å². The maximum absolute atomic E-state index is 12.9. The number of amides is 3. The SMILES string of the molecule is COc1cc(N2CCc3nc(NC(=O)N4CCCC(C(=O)NC(C)C)C4)sc3C2)nc(OC)n1. The van der Waals surface area contributed by atoms with Crippen LogP contribution in [0.5, 0.6) is 11.9 Å². The molecule has 4 rings (SSSR count). The normalized spacial score (nSPS) is 17.9. The zero-order valence-corrected chi connectivity index (χ0v) is 20.8. The van der Waals surface area contributed by atoms with Crippen molar-refractivity contribution in [2.24, 2.45) is 5.92 Å². The predicted molar refractivity (Wildman–Crippen MR) is 129 cm³/mol. The summed E-state index contributed by atoms with van der Waals surface area (Å²) in [6, 6.07) is 1.90. The van der Waals surface area contributed by atoms with Crippen molar-refractivity contribution in [3.05, 3.63) is 16.6 Å². The Balaban J connectivity index is 1.40. The van der Waals surface area contributed by atoms with Gasteiger partial charge in [0.15, 0.2) is 5.13 Å². The van der Waals surface area contributed by atoms with E-state index in [4.69, 9.17) is 9.47 Å². The lowest BCUT2D eigenvalue weighted by Gasteiger charge is -2.32. The van der Waals surface area contributed by atoms with Crippen LogP contribution in [0.1, 0.15) is 37.3 Å². The maximum atomic E-state index is 12.9. The quantitative estimate of drug-likeness (QED) is 0.634. The Morgan fingerprint density at radius 3 is 2.74 bits per heavy atom. The summed E-state index contributed by atoms with van der Waals surface area (Å²) in [6.07, 6.45) is 2.33. The standard InChI is InChI=1S/C22H31N7O4S/c1-13(2)23-19(30)14-6-5-8-29(11-14)22(31)27-21-24-15-7-9-28(12-16(15)34-21)17-10-18(32-3)26-20(25-17)33-4/h10,13-14H,5-9,11-12H2,1-4H3,(H,23,30)(H,24,27,31). The molecule has 1 fully saturated rings. The van der Waals surface area contributed by atoms with Crippen LogP contribution in [0.15, 0.2) is 6.07 Å². The lowest BCUT2D eigenvalue weighted by Crippen LogP contribution is -2.47. The molecule has 2 aliphatic heterocycles. The van der Waals surface area contributed by atoms with Gasteiger partial charge in [0, 0.05) is 43.0 Å². The molecule has 34 heavy (non-hydrogen) atoms. The number of carbonyl (C=O) groups excluding carboxylic acids is 2. The van der Waals surface area contributed by atoms with Gasteiger partial charge in [-0.05, 0) is 26.7 Å². The Hall–Kier alpha value is -3.15. The molecular formula is C22H31N7O4S. The van der Waals surface area contributed by atoms with Gasteiger partial charge in [-0.15, -0.1) is 0 Å². The molecule has 0 aliphatic carbocycles. The molecule has 1 atom stereocenters. The monoisotopic (exact) mass is 489 g/mol. The average molecular weight is 490 g/mol. The van der Waals surface area contributed by atoms with E-state index in [1.807, 2.05) is 13.8 Å². The Bertz CT molecular complexity index is 1020. The van der Waals surface area contributed by atoms with Crippen LogP contribution < -0.4 is 25.0 Å². The van der Waals surface area contributed by atoms with Gasteiger partial charge in [-0.2, -0.15) is 9.97 Å². The van der Waals surface area contributed by atoms with Crippen molar-refractivity contribution in [2.75, 3.05) is 44.1 Å². The van der Waals surface area contributed by atoms with Crippen LogP contribution in [-0.4, -0.2) is 71.7 Å². The number of aromatic nitrogens is 3. The first-order chi connectivity index (χ1) is 16.4. The molecular weight excluding hydrogens is 458 g/mol. The highest BCUT2D eigenvalue weighted by molar-refractivity contribution is 7.15. The van der Waals surface area contributed by atoms with Gasteiger partial charge in [0.25, 0.3) is 0 Å². The lowest BCUT2D eigenvalue weighted by molar-refractivity contribution is -0.126. The average Bonchev–Trinajstić information content (AvgIpc) is 3.24. The lowest BCUT2D eigenvalue weighted by atomic mass is 9.97. The van der Waals surface area contributed by atoms with E-state index in [-0.39, 0.29) is 29.9 Å². The number of hydrogen-bond acceptors (Lipinski definition) is 9. The van der Waals surface area contributed by atoms with Crippen LogP contribution in [0.4, 0.5) is 15.7 Å². The van der Waals surface area contributed by atoms with E-state index >= 15 is 0 Å². The minimum absolute atomic E-state index is 0.00952. The van der Waals surface area contributed by atoms with Crippen molar-refractivity contribution in [1.29, 1.82) is 0 Å². The Morgan fingerprint density at radius 2 is 2.00 bits per heavy atom. The fourth-order valence-corrected chi connectivity index (χ4v) is 5.16. The molecule has 0 radical (unpaired) electrons. The summed E-state index contributed by atoms with van der Waals surface area (Å²) in [6.45, 7) is 6.27. The van der Waals surface area contributed by atoms with Crippen molar-refractivity contribution in [2.45, 2.75) is 45.7 Å². The zero-order chi connectivity index (χ0) is 24.2. The van der Waals surface area contributed by atoms with Gasteiger partial charge in [0.2, 0.25) is 11.8 Å². The number of methoxy groups -OCH3 is 2. The minimum Gasteiger partial charge on any atom is -0.481 e. The molecule has 184 valence electrons. The molecule has 4 heterocycles. The molecule has 0 aromatic carbocycles. The van der Waals surface area contributed by atoms with Crippen LogP contribution >= 0.6 is 11.3 Å². The number of nitrogens with one attached hydrogen (secondary N) is 2. The molecule has 2 N–H and O–H groups in total. The van der Waals surface area contributed by atoms with Crippen molar-refractivity contribution in [1.82, 2.24) is 25.2 Å². The van der Waals surface area contributed by atoms with Gasteiger partial charge in [0.05, 0.1) is 32.4 Å². The second-order valence-corrected chi connectivity index (χ2v) is 9.78. The molecule has 12 heteroatoms. The zero-order valence-electron chi connectivity index (χ0n) is 20.0. The van der Waals surface area contributed by atoms with Gasteiger partial charge in [-0.25, -0.2) is 9.78 Å². The van der Waals surface area contributed by atoms with E-state index in [9.17, 15) is 9.59 Å². The predicted octanol–water partition coefficient (Wildman–Crippen LogP) is 2.28. The van der Waals surface area contributed by atoms with Crippen molar-refractivity contribution in [3.8, 4) is 11.9 Å². The highest BCUT2D eigenvalue weighted by Crippen LogP contribution is 2.32. The Labute approximate surface area is 202 Å². The fourth-order valence-electron chi connectivity index (χ4n) is 4.14. The van der Waals surface area contributed by atoms with Gasteiger partial charge >= 0.3 is 12.0 Å². The molecule has 3 amide bonds. The number of nitrogens with zero attached hydrogens (tertiary/aromatic N) is 5. The third-order valence-corrected chi connectivity index (χ3v) is 6.84. The number of anilines is 2. The van der Waals surface area contributed by atoms with Crippen LogP contribution in [0.2, 0.25) is 0 Å². The summed E-state index contributed by atoms with van der Waals surface area (Å²) < 4.78 is 10.4. The number of ether oxygens (including phenoxy) is 2. The highest BCUT2D eigenvalue weighted by Gasteiger charge is 2.30. The molecule has 2 aliphatic rings. The highest BCUT2D eigenvalue weighted by atomic mass is 32.1. The van der Waals surface area contributed by atoms with Gasteiger partial charge in [0.1, 0.15) is 5.82 Å². The number of carbonyl (C=O) groups is 2. The number of rotatable bonds is 6. The molecule has 11 nitrogen and oxygen atoms in total. The fraction of sp³-hybridized carbons (Fsp3) is 0.591. The van der Waals surface area contributed by atoms with E-state index in [2.05, 4.69) is 30.5 Å². The summed E-state index contributed by atoms with van der Waals surface area (Å²) in [5, 5.41) is 6.46. The Morgan fingerprint density at radius 1 is 1.18 bits per heavy atom. The molecule has 2 aromatic heterocycles. The molecule has 1 saturated heterocycles. The number of piperidine rings is 1. The first-order valence-corrected chi connectivity index (χ1v) is 12.2. The van der Waals surface area contributed by atoms with Gasteiger partial charge < -0.3 is 24.6 Å². The van der Waals surface area contributed by atoms with Crippen LogP contribution in [-0.2, 0) is 17.8 Å². The van der Waals surface area contributed by atoms with E-state index in [0.717, 1.165) is 36.4 Å². The summed E-state index contributed by atoms with van der Waals surface area (Å²) >= 11 is 1.46. The van der Waals surface area contributed by atoms with Crippen molar-refractivity contribution < 1.29 is 19.1 Å². The summed E-state index contributed by atoms with van der Waals surface area (Å²) in [5.74, 6) is 0.983. The van der Waals surface area contributed by atoms with Gasteiger partial charge in [-0.1, -0.05) is 11.3 Å². The van der Waals surface area contributed by atoms with Crippen LogP contribution in [0.25, 0.3) is 0 Å². The van der Waals surface area contributed by atoms with Crippen molar-refractivity contribution in [3.63, 3.8) is 0 Å². The number of urea groups is 1. The Kier molecular flexibility index (Phi) is 7.35. The van der Waals surface area contributed by atoms with Crippen molar-refractivity contribution >= 4 is 34.2 Å². The van der Waals surface area contributed by atoms with E-state index in [1.165, 1.54) is 18.4 Å². The van der Waals surface area contributed by atoms with Gasteiger partial charge in [-0.3, -0.25) is 10.1 Å². The summed E-state index contributed by atoms with van der Waals surface area (Å²) in [7, 11) is 3.07. The van der Waals surface area contributed by atoms with E-state index < -0.39 is 0 Å². The molecule has 0 saturated carbocycles. The molecule has 1 unspecified atom stereocenters. The second-order valence-electron chi connectivity index (χ2n) is 8.69. The molecule has 0 spiro atoms. The molecule has 0 bridgehead atoms. The smallest absolute Gasteiger partial charge is 0.323 e. The van der Waals surface area contributed by atoms with E-state index in [0.29, 0.717) is 36.5 Å². The summed E-state index contributed by atoms with van der Waals surface area (Å²) in [4.78, 5) is 43.4. The third-order valence-electron chi connectivity index (χ3n) is 5.84. The van der Waals surface area contributed by atoms with Crippen LogP contribution in [0, 0.1) is 5.92 Å². The number of hydrogen-bond donors (Lipinski definition) is 2. The first kappa shape index (κ1) is 24.0. The number of thiazole rings is 1. The number of fused-ring (bicyclic) bond motifs is 1. The molecule has 2 aromatic rings.